The number of rotatable bonds is 3. The number of nitrogen functional groups attached to an aromatic ring is 1. The lowest BCUT2D eigenvalue weighted by molar-refractivity contribution is -0.276. The summed E-state index contributed by atoms with van der Waals surface area (Å²) in [6.45, 7) is -0.362. The zero-order valence-corrected chi connectivity index (χ0v) is 8.28. The number of ether oxygens (including phenoxy) is 1. The molecule has 5 N–H and O–H groups in total. The quantitative estimate of drug-likeness (QED) is 0.729. The lowest BCUT2D eigenvalue weighted by atomic mass is 10.2. The van der Waals surface area contributed by atoms with Crippen LogP contribution in [-0.2, 0) is 6.54 Å². The highest BCUT2D eigenvalue weighted by atomic mass is 19.4. The van der Waals surface area contributed by atoms with Gasteiger partial charge in [-0.1, -0.05) is 0 Å². The minimum atomic E-state index is -4.95. The summed E-state index contributed by atoms with van der Waals surface area (Å²) in [7, 11) is 0. The summed E-state index contributed by atoms with van der Waals surface area (Å²) in [5.74, 6) is -2.83. The molecule has 0 atom stereocenters. The normalized spacial score (nSPS) is 11.3. The first-order valence-corrected chi connectivity index (χ1v) is 4.23. The van der Waals surface area contributed by atoms with Crippen molar-refractivity contribution in [1.82, 2.24) is 4.98 Å². The van der Waals surface area contributed by atoms with Crippen LogP contribution in [0.4, 0.5) is 19.0 Å². The van der Waals surface area contributed by atoms with Crippen molar-refractivity contribution in [3.8, 4) is 5.88 Å². The Morgan fingerprint density at radius 2 is 2.12 bits per heavy atom. The number of nitrogens with zero attached hydrogens (tertiary/aromatic N) is 1. The third-order valence-corrected chi connectivity index (χ3v) is 1.75. The summed E-state index contributed by atoms with van der Waals surface area (Å²) in [4.78, 5) is 13.9. The molecule has 0 aliphatic carbocycles. The molecule has 1 heterocycles. The SMILES string of the molecule is NCc1cc(C(=O)O)c(N)nc1OC(F)(F)F. The fraction of sp³-hybridized carbons (Fsp3) is 0.250. The molecule has 0 radical (unpaired) electrons. The molecule has 0 bridgehead atoms. The third kappa shape index (κ3) is 3.21. The molecular formula is C8H8F3N3O3. The molecule has 0 spiro atoms. The maximum Gasteiger partial charge on any atom is 0.574 e. The number of carboxylic acids is 1. The number of aromatic carboxylic acids is 1. The zero-order valence-electron chi connectivity index (χ0n) is 8.28. The van der Waals surface area contributed by atoms with Crippen LogP contribution in [0.25, 0.3) is 0 Å². The van der Waals surface area contributed by atoms with Gasteiger partial charge in [-0.15, -0.1) is 13.2 Å². The summed E-state index contributed by atoms with van der Waals surface area (Å²) in [5, 5.41) is 8.69. The molecule has 0 aromatic carbocycles. The van der Waals surface area contributed by atoms with Gasteiger partial charge in [-0.05, 0) is 6.07 Å². The molecular weight excluding hydrogens is 243 g/mol. The summed E-state index contributed by atoms with van der Waals surface area (Å²) in [6, 6.07) is 0.895. The van der Waals surface area contributed by atoms with E-state index in [0.29, 0.717) is 0 Å². The van der Waals surface area contributed by atoms with E-state index in [1.807, 2.05) is 0 Å². The summed E-state index contributed by atoms with van der Waals surface area (Å²) < 4.78 is 39.5. The van der Waals surface area contributed by atoms with Crippen LogP contribution in [0.1, 0.15) is 15.9 Å². The number of anilines is 1. The maximum atomic E-state index is 12.0. The van der Waals surface area contributed by atoms with Crippen LogP contribution in [0.5, 0.6) is 5.88 Å². The van der Waals surface area contributed by atoms with Gasteiger partial charge in [0, 0.05) is 12.1 Å². The Hall–Kier alpha value is -2.03. The smallest absolute Gasteiger partial charge is 0.478 e. The highest BCUT2D eigenvalue weighted by Gasteiger charge is 2.33. The van der Waals surface area contributed by atoms with Crippen molar-refractivity contribution < 1.29 is 27.8 Å². The van der Waals surface area contributed by atoms with Gasteiger partial charge >= 0.3 is 12.3 Å². The van der Waals surface area contributed by atoms with Crippen LogP contribution >= 0.6 is 0 Å². The van der Waals surface area contributed by atoms with Crippen molar-refractivity contribution in [2.75, 3.05) is 5.73 Å². The summed E-state index contributed by atoms with van der Waals surface area (Å²) in [6.07, 6.45) is -4.95. The second-order valence-corrected chi connectivity index (χ2v) is 2.94. The van der Waals surface area contributed by atoms with Crippen molar-refractivity contribution in [2.24, 2.45) is 5.73 Å². The Kier molecular flexibility index (Phi) is 3.42. The molecule has 0 aliphatic rings. The highest BCUT2D eigenvalue weighted by molar-refractivity contribution is 5.92. The molecule has 0 saturated heterocycles. The fourth-order valence-corrected chi connectivity index (χ4v) is 1.07. The van der Waals surface area contributed by atoms with Crippen LogP contribution < -0.4 is 16.2 Å². The van der Waals surface area contributed by atoms with Crippen molar-refractivity contribution in [2.45, 2.75) is 12.9 Å². The Balaban J connectivity index is 3.24. The molecule has 1 aromatic rings. The number of halogens is 3. The number of aromatic nitrogens is 1. The average Bonchev–Trinajstić information content (AvgIpc) is 2.14. The first kappa shape index (κ1) is 13.0. The Bertz CT molecular complexity index is 448. The van der Waals surface area contributed by atoms with E-state index in [2.05, 4.69) is 9.72 Å². The average molecular weight is 251 g/mol. The van der Waals surface area contributed by atoms with Gasteiger partial charge in [-0.2, -0.15) is 4.98 Å². The van der Waals surface area contributed by atoms with Crippen LogP contribution in [0.15, 0.2) is 6.07 Å². The highest BCUT2D eigenvalue weighted by Crippen LogP contribution is 2.27. The van der Waals surface area contributed by atoms with E-state index in [-0.39, 0.29) is 12.1 Å². The van der Waals surface area contributed by atoms with E-state index in [1.165, 1.54) is 0 Å². The van der Waals surface area contributed by atoms with Gasteiger partial charge in [0.05, 0.1) is 0 Å². The third-order valence-electron chi connectivity index (χ3n) is 1.75. The summed E-state index contributed by atoms with van der Waals surface area (Å²) in [5.41, 5.74) is 9.72. The standard InChI is InChI=1S/C8H8F3N3O3/c9-8(10,11)17-6-3(2-12)1-4(7(15)16)5(13)14-6/h1H,2,12H2,(H2,13,14)(H,15,16). The molecule has 1 aromatic heterocycles. The Labute approximate surface area is 93.0 Å². The van der Waals surface area contributed by atoms with Crippen molar-refractivity contribution in [3.63, 3.8) is 0 Å². The van der Waals surface area contributed by atoms with Crippen LogP contribution in [0.2, 0.25) is 0 Å². The number of hydrogen-bond donors (Lipinski definition) is 3. The largest absolute Gasteiger partial charge is 0.574 e. The van der Waals surface area contributed by atoms with Gasteiger partial charge in [0.25, 0.3) is 0 Å². The van der Waals surface area contributed by atoms with Crippen molar-refractivity contribution in [1.29, 1.82) is 0 Å². The predicted octanol–water partition coefficient (Wildman–Crippen LogP) is 0.719. The number of pyridine rings is 1. The van der Waals surface area contributed by atoms with Gasteiger partial charge in [-0.3, -0.25) is 0 Å². The fourth-order valence-electron chi connectivity index (χ4n) is 1.07. The molecule has 0 amide bonds. The van der Waals surface area contributed by atoms with Gasteiger partial charge in [0.2, 0.25) is 5.88 Å². The molecule has 1 rings (SSSR count). The monoisotopic (exact) mass is 251 g/mol. The molecule has 0 aliphatic heterocycles. The van der Waals surface area contributed by atoms with Crippen molar-refractivity contribution in [3.05, 3.63) is 17.2 Å². The lowest BCUT2D eigenvalue weighted by Gasteiger charge is -2.12. The second kappa shape index (κ2) is 4.45. The first-order chi connectivity index (χ1) is 7.74. The van der Waals surface area contributed by atoms with Gasteiger partial charge < -0.3 is 21.3 Å². The van der Waals surface area contributed by atoms with Gasteiger partial charge in [0.1, 0.15) is 11.4 Å². The number of hydrogen-bond acceptors (Lipinski definition) is 5. The van der Waals surface area contributed by atoms with E-state index < -0.39 is 29.6 Å². The number of carbonyl (C=O) groups is 1. The van der Waals surface area contributed by atoms with Crippen LogP contribution in [-0.4, -0.2) is 22.4 Å². The minimum absolute atomic E-state index is 0.200. The van der Waals surface area contributed by atoms with Gasteiger partial charge in [-0.25, -0.2) is 4.79 Å². The van der Waals surface area contributed by atoms with Crippen molar-refractivity contribution >= 4 is 11.8 Å². The Morgan fingerprint density at radius 3 is 2.53 bits per heavy atom. The van der Waals surface area contributed by atoms with E-state index in [0.717, 1.165) is 6.07 Å². The molecule has 0 saturated carbocycles. The maximum absolute atomic E-state index is 12.0. The molecule has 9 heteroatoms. The second-order valence-electron chi connectivity index (χ2n) is 2.94. The number of alkyl halides is 3. The summed E-state index contributed by atoms with van der Waals surface area (Å²) >= 11 is 0. The molecule has 94 valence electrons. The molecule has 17 heavy (non-hydrogen) atoms. The predicted molar refractivity (Wildman–Crippen MR) is 50.2 cm³/mol. The number of nitrogens with two attached hydrogens (primary N) is 2. The van der Waals surface area contributed by atoms with E-state index >= 15 is 0 Å². The topological polar surface area (TPSA) is 111 Å². The van der Waals surface area contributed by atoms with E-state index in [1.54, 1.807) is 0 Å². The van der Waals surface area contributed by atoms with E-state index in [4.69, 9.17) is 16.6 Å². The molecule has 0 fully saturated rings. The molecule has 6 nitrogen and oxygen atoms in total. The van der Waals surface area contributed by atoms with Crippen LogP contribution in [0, 0.1) is 0 Å². The van der Waals surface area contributed by atoms with Gasteiger partial charge in [0.15, 0.2) is 0 Å². The zero-order chi connectivity index (χ0) is 13.2. The minimum Gasteiger partial charge on any atom is -0.478 e. The lowest BCUT2D eigenvalue weighted by Crippen LogP contribution is -2.21. The van der Waals surface area contributed by atoms with E-state index in [9.17, 15) is 18.0 Å². The number of carboxylic acid groups (broad SMARTS) is 1. The van der Waals surface area contributed by atoms with Crippen LogP contribution in [0.3, 0.4) is 0 Å². The Morgan fingerprint density at radius 1 is 1.53 bits per heavy atom. The molecule has 0 unspecified atom stereocenters. The first-order valence-electron chi connectivity index (χ1n) is 4.23.